The van der Waals surface area contributed by atoms with E-state index in [9.17, 15) is 34.8 Å². The number of nitrogens with one attached hydrogen (secondary N) is 1. The Morgan fingerprint density at radius 1 is 1.14 bits per heavy atom. The van der Waals surface area contributed by atoms with Gasteiger partial charge in [-0.25, -0.2) is 13.4 Å². The van der Waals surface area contributed by atoms with E-state index in [1.165, 1.54) is 18.6 Å². The Hall–Kier alpha value is -2.32. The predicted octanol–water partition coefficient (Wildman–Crippen LogP) is 4.18. The summed E-state index contributed by atoms with van der Waals surface area (Å²) in [5.74, 6) is 0. The number of imidazole rings is 1. The van der Waals surface area contributed by atoms with Gasteiger partial charge in [0.2, 0.25) is 0 Å². The number of sulfonamides is 1. The van der Waals surface area contributed by atoms with E-state index in [1.54, 1.807) is 4.90 Å². The molecule has 192 valence electrons. The number of rotatable bonds is 4. The van der Waals surface area contributed by atoms with Crippen LogP contribution in [0.4, 0.5) is 32.0 Å². The molecule has 1 N–H and O–H groups in total. The molecule has 2 bridgehead atoms. The molecular weight excluding hydrogens is 502 g/mol. The van der Waals surface area contributed by atoms with E-state index in [0.717, 1.165) is 12.1 Å². The van der Waals surface area contributed by atoms with Crippen LogP contribution < -0.4 is 4.90 Å². The summed E-state index contributed by atoms with van der Waals surface area (Å²) >= 11 is 0. The summed E-state index contributed by atoms with van der Waals surface area (Å²) in [4.78, 5) is 8.52. The van der Waals surface area contributed by atoms with Crippen LogP contribution in [0.3, 0.4) is 0 Å². The molecule has 2 fully saturated rings. The first-order chi connectivity index (χ1) is 16.3. The molecule has 5 rings (SSSR count). The van der Waals surface area contributed by atoms with Crippen molar-refractivity contribution >= 4 is 15.7 Å². The number of halogens is 6. The summed E-state index contributed by atoms with van der Waals surface area (Å²) in [6.07, 6.45) is 0.462. The lowest BCUT2D eigenvalue weighted by molar-refractivity contribution is -0.137. The summed E-state index contributed by atoms with van der Waals surface area (Å²) in [7, 11) is -5.83. The van der Waals surface area contributed by atoms with Crippen LogP contribution in [0.1, 0.15) is 42.5 Å². The normalized spacial score (nSPS) is 27.8. The average Bonchev–Trinajstić information content (AvgIpc) is 3.50. The molecule has 0 saturated carbocycles. The summed E-state index contributed by atoms with van der Waals surface area (Å²) in [6, 6.07) is 1.91. The van der Waals surface area contributed by atoms with E-state index in [4.69, 9.17) is 4.74 Å². The van der Waals surface area contributed by atoms with Gasteiger partial charge in [0.25, 0.3) is 0 Å². The summed E-state index contributed by atoms with van der Waals surface area (Å²) < 4.78 is 113. The zero-order valence-corrected chi connectivity index (χ0v) is 19.1. The van der Waals surface area contributed by atoms with Crippen LogP contribution >= 0.6 is 0 Å². The first-order valence-corrected chi connectivity index (χ1v) is 12.4. The molecule has 14 heteroatoms. The van der Waals surface area contributed by atoms with Crippen molar-refractivity contribution in [1.82, 2.24) is 14.3 Å². The molecule has 0 aliphatic carbocycles. The predicted molar refractivity (Wildman–Crippen MR) is 111 cm³/mol. The molecule has 2 saturated heterocycles. The van der Waals surface area contributed by atoms with Gasteiger partial charge < -0.3 is 14.6 Å². The van der Waals surface area contributed by atoms with Crippen molar-refractivity contribution in [2.24, 2.45) is 0 Å². The van der Waals surface area contributed by atoms with Crippen molar-refractivity contribution in [1.29, 1.82) is 0 Å². The second-order valence-electron chi connectivity index (χ2n) is 9.19. The number of nitrogens with zero attached hydrogens (tertiary/aromatic N) is 3. The van der Waals surface area contributed by atoms with Gasteiger partial charge in [-0.05, 0) is 49.4 Å². The number of hydrogen-bond acceptors (Lipinski definition) is 5. The number of fused-ring (bicyclic) bond motifs is 3. The van der Waals surface area contributed by atoms with Crippen molar-refractivity contribution in [3.05, 3.63) is 47.5 Å². The summed E-state index contributed by atoms with van der Waals surface area (Å²) in [5, 5.41) is 0. The van der Waals surface area contributed by atoms with Gasteiger partial charge in [0, 0.05) is 25.0 Å². The molecule has 35 heavy (non-hydrogen) atoms. The Morgan fingerprint density at radius 2 is 1.86 bits per heavy atom. The van der Waals surface area contributed by atoms with E-state index in [-0.39, 0.29) is 28.2 Å². The first kappa shape index (κ1) is 24.4. The molecule has 0 amide bonds. The topological polar surface area (TPSA) is 78.5 Å². The number of aromatic amines is 1. The Balaban J connectivity index is 1.68. The van der Waals surface area contributed by atoms with Gasteiger partial charge >= 0.3 is 21.7 Å². The van der Waals surface area contributed by atoms with E-state index >= 15 is 0 Å². The van der Waals surface area contributed by atoms with Gasteiger partial charge in [-0.15, -0.1) is 0 Å². The largest absolute Gasteiger partial charge is 0.511 e. The Bertz CT molecular complexity index is 1190. The van der Waals surface area contributed by atoms with E-state index in [2.05, 4.69) is 9.97 Å². The maximum atomic E-state index is 13.6. The Labute approximate surface area is 197 Å². The zero-order chi connectivity index (χ0) is 25.2. The highest BCUT2D eigenvalue weighted by atomic mass is 32.2. The second-order valence-corrected chi connectivity index (χ2v) is 11.1. The first-order valence-electron chi connectivity index (χ1n) is 11.0. The van der Waals surface area contributed by atoms with Crippen molar-refractivity contribution in [3.63, 3.8) is 0 Å². The van der Waals surface area contributed by atoms with Crippen LogP contribution in [0.5, 0.6) is 0 Å². The molecule has 1 aromatic carbocycles. The van der Waals surface area contributed by atoms with Gasteiger partial charge in [0.15, 0.2) is 0 Å². The van der Waals surface area contributed by atoms with E-state index in [0.29, 0.717) is 31.4 Å². The van der Waals surface area contributed by atoms with Gasteiger partial charge in [-0.2, -0.15) is 30.6 Å². The van der Waals surface area contributed by atoms with Crippen molar-refractivity contribution < 1.29 is 39.5 Å². The van der Waals surface area contributed by atoms with Crippen LogP contribution in [-0.2, 0) is 34.0 Å². The molecular formula is C21H22F6N4O3S. The van der Waals surface area contributed by atoms with Crippen LogP contribution in [0, 0.1) is 0 Å². The van der Waals surface area contributed by atoms with Crippen LogP contribution in [-0.4, -0.2) is 52.5 Å². The van der Waals surface area contributed by atoms with Gasteiger partial charge in [-0.1, -0.05) is 0 Å². The molecule has 0 spiro atoms. The third-order valence-corrected chi connectivity index (χ3v) is 8.67. The second kappa shape index (κ2) is 8.10. The van der Waals surface area contributed by atoms with Crippen molar-refractivity contribution in [2.75, 3.05) is 11.4 Å². The molecule has 1 atom stereocenters. The third-order valence-electron chi connectivity index (χ3n) is 7.13. The molecule has 1 unspecified atom stereocenters. The molecule has 7 nitrogen and oxygen atoms in total. The lowest BCUT2D eigenvalue weighted by atomic mass is 9.81. The minimum absolute atomic E-state index is 0.0682. The minimum Gasteiger partial charge on any atom is -0.370 e. The smallest absolute Gasteiger partial charge is 0.370 e. The fraction of sp³-hybridized carbons (Fsp3) is 0.571. The maximum absolute atomic E-state index is 13.6. The van der Waals surface area contributed by atoms with Crippen molar-refractivity contribution in [3.8, 4) is 0 Å². The molecule has 4 heterocycles. The highest BCUT2D eigenvalue weighted by Crippen LogP contribution is 2.50. The third kappa shape index (κ3) is 4.18. The summed E-state index contributed by atoms with van der Waals surface area (Å²) in [5.41, 5.74) is -6.98. The lowest BCUT2D eigenvalue weighted by Crippen LogP contribution is -2.57. The monoisotopic (exact) mass is 524 g/mol. The highest BCUT2D eigenvalue weighted by molar-refractivity contribution is 7.89. The van der Waals surface area contributed by atoms with Gasteiger partial charge in [0.1, 0.15) is 0 Å². The minimum atomic E-state index is -5.83. The zero-order valence-electron chi connectivity index (χ0n) is 18.2. The van der Waals surface area contributed by atoms with Crippen LogP contribution in [0.2, 0.25) is 0 Å². The fourth-order valence-corrected chi connectivity index (χ4v) is 6.41. The van der Waals surface area contributed by atoms with Crippen LogP contribution in [0.15, 0.2) is 30.7 Å². The van der Waals surface area contributed by atoms with E-state index in [1.807, 2.05) is 0 Å². The fourth-order valence-electron chi connectivity index (χ4n) is 5.47. The quantitative estimate of drug-likeness (QED) is 0.608. The number of aromatic nitrogens is 2. The number of hydrogen-bond donors (Lipinski definition) is 1. The number of benzene rings is 1. The Kier molecular flexibility index (Phi) is 5.64. The summed E-state index contributed by atoms with van der Waals surface area (Å²) in [6.45, 7) is -1.37. The van der Waals surface area contributed by atoms with Gasteiger partial charge in [-0.3, -0.25) is 0 Å². The Morgan fingerprint density at radius 3 is 2.40 bits per heavy atom. The number of anilines is 1. The maximum Gasteiger partial charge on any atom is 0.511 e. The number of ether oxygens (including phenoxy) is 1. The van der Waals surface area contributed by atoms with E-state index < -0.39 is 52.0 Å². The average molecular weight is 524 g/mol. The molecule has 1 aromatic heterocycles. The SMILES string of the molecule is O=S(=O)(N1Cc2cc(C(F)(F)F)ccc2N(Cc2cnc[nH]2)C(C23CCC(CC2)O3)C1)C(F)(F)F. The number of alkyl halides is 6. The molecule has 2 aromatic rings. The van der Waals surface area contributed by atoms with Crippen molar-refractivity contribution in [2.45, 2.75) is 68.2 Å². The number of H-pyrrole nitrogens is 1. The molecule has 0 radical (unpaired) electrons. The molecule has 3 aliphatic heterocycles. The van der Waals surface area contributed by atoms with Crippen LogP contribution in [0.25, 0.3) is 0 Å². The molecule has 3 aliphatic rings. The lowest BCUT2D eigenvalue weighted by Gasteiger charge is -2.43. The van der Waals surface area contributed by atoms with Gasteiger partial charge in [0.05, 0.1) is 41.9 Å². The highest BCUT2D eigenvalue weighted by Gasteiger charge is 2.57. The standard InChI is InChI=1S/C21H22F6N4O3S/c22-20(23,24)14-1-2-17-13(7-14)9-30(35(32,33)21(25,26)27)11-18(19-5-3-16(34-19)4-6-19)31(17)10-15-8-28-12-29-15/h1-2,7-8,12,16,18H,3-6,9-11H2,(H,28,29).